The van der Waals surface area contributed by atoms with E-state index < -0.39 is 5.56 Å². The molecule has 1 heterocycles. The second-order valence-electron chi connectivity index (χ2n) is 3.62. The molecular weight excluding hydrogens is 210 g/mol. The third kappa shape index (κ3) is 2.33. The third-order valence-electron chi connectivity index (χ3n) is 2.45. The number of hydrogen-bond acceptors (Lipinski definition) is 4. The quantitative estimate of drug-likeness (QED) is 0.762. The van der Waals surface area contributed by atoms with Crippen LogP contribution in [0.4, 0.5) is 5.69 Å². The summed E-state index contributed by atoms with van der Waals surface area (Å²) in [4.78, 5) is 23.5. The summed E-state index contributed by atoms with van der Waals surface area (Å²) < 4.78 is 7.53. The van der Waals surface area contributed by atoms with Crippen LogP contribution in [0.5, 0.6) is 0 Å². The van der Waals surface area contributed by atoms with Gasteiger partial charge in [0.2, 0.25) is 0 Å². The number of anilines is 1. The third-order valence-corrected chi connectivity index (χ3v) is 2.45. The Labute approximate surface area is 93.3 Å². The van der Waals surface area contributed by atoms with E-state index in [4.69, 9.17) is 10.5 Å². The van der Waals surface area contributed by atoms with Gasteiger partial charge in [-0.25, -0.2) is 4.79 Å². The Morgan fingerprint density at radius 1 is 1.50 bits per heavy atom. The molecule has 0 spiro atoms. The van der Waals surface area contributed by atoms with Gasteiger partial charge in [-0.05, 0) is 13.8 Å². The first-order chi connectivity index (χ1) is 7.51. The molecule has 0 saturated heterocycles. The van der Waals surface area contributed by atoms with E-state index in [0.29, 0.717) is 6.54 Å². The topological polar surface area (TPSA) is 79.2 Å². The summed E-state index contributed by atoms with van der Waals surface area (Å²) in [5.41, 5.74) is 4.81. The van der Waals surface area contributed by atoms with Gasteiger partial charge in [-0.15, -0.1) is 0 Å². The second kappa shape index (κ2) is 4.98. The van der Waals surface area contributed by atoms with Crippen molar-refractivity contribution < 1.29 is 4.74 Å². The fourth-order valence-corrected chi connectivity index (χ4v) is 1.40. The molecule has 0 bridgehead atoms. The molecule has 1 rings (SSSR count). The van der Waals surface area contributed by atoms with Gasteiger partial charge in [0.15, 0.2) is 0 Å². The van der Waals surface area contributed by atoms with Crippen LogP contribution >= 0.6 is 0 Å². The molecule has 6 heteroatoms. The lowest BCUT2D eigenvalue weighted by Crippen LogP contribution is -2.42. The fraction of sp³-hybridized carbons (Fsp3) is 0.600. The predicted octanol–water partition coefficient (Wildman–Crippen LogP) is -0.353. The molecule has 1 aromatic rings. The standard InChI is InChI=1S/C10H17N3O3/c1-4-12-6-8(11)9(14)13(10(12)15)5-7(2)16-3/h6-7H,4-5,11H2,1-3H3. The van der Waals surface area contributed by atoms with Gasteiger partial charge in [0.05, 0.1) is 12.6 Å². The molecule has 1 unspecified atom stereocenters. The first-order valence-electron chi connectivity index (χ1n) is 5.13. The van der Waals surface area contributed by atoms with Gasteiger partial charge in [-0.1, -0.05) is 0 Å². The highest BCUT2D eigenvalue weighted by Crippen LogP contribution is 1.93. The number of hydrogen-bond donors (Lipinski definition) is 1. The Balaban J connectivity index is 3.31. The van der Waals surface area contributed by atoms with Gasteiger partial charge in [0, 0.05) is 19.9 Å². The van der Waals surface area contributed by atoms with E-state index in [1.54, 1.807) is 6.92 Å². The SMILES string of the molecule is CCn1cc(N)c(=O)n(CC(C)OC)c1=O. The smallest absolute Gasteiger partial charge is 0.331 e. The van der Waals surface area contributed by atoms with Crippen molar-refractivity contribution in [2.45, 2.75) is 33.0 Å². The highest BCUT2D eigenvalue weighted by Gasteiger charge is 2.11. The van der Waals surface area contributed by atoms with Crippen molar-refractivity contribution in [3.05, 3.63) is 27.0 Å². The van der Waals surface area contributed by atoms with E-state index in [1.165, 1.54) is 17.9 Å². The Bertz CT molecular complexity index is 475. The largest absolute Gasteiger partial charge is 0.393 e. The lowest BCUT2D eigenvalue weighted by atomic mass is 10.4. The highest BCUT2D eigenvalue weighted by atomic mass is 16.5. The summed E-state index contributed by atoms with van der Waals surface area (Å²) in [5.74, 6) is 0. The van der Waals surface area contributed by atoms with Crippen molar-refractivity contribution in [3.8, 4) is 0 Å². The summed E-state index contributed by atoms with van der Waals surface area (Å²) in [6.07, 6.45) is 1.16. The zero-order valence-corrected chi connectivity index (χ0v) is 9.77. The molecule has 0 aliphatic carbocycles. The number of aryl methyl sites for hydroxylation is 1. The van der Waals surface area contributed by atoms with E-state index in [2.05, 4.69) is 0 Å². The fourth-order valence-electron chi connectivity index (χ4n) is 1.40. The van der Waals surface area contributed by atoms with Gasteiger partial charge in [-0.2, -0.15) is 0 Å². The first kappa shape index (κ1) is 12.5. The molecule has 0 aliphatic heterocycles. The average molecular weight is 227 g/mol. The molecular formula is C10H17N3O3. The second-order valence-corrected chi connectivity index (χ2v) is 3.62. The molecule has 1 atom stereocenters. The lowest BCUT2D eigenvalue weighted by molar-refractivity contribution is 0.101. The minimum absolute atomic E-state index is 0.0738. The van der Waals surface area contributed by atoms with Crippen LogP contribution in [0.3, 0.4) is 0 Å². The zero-order chi connectivity index (χ0) is 12.3. The molecule has 1 aromatic heterocycles. The minimum Gasteiger partial charge on any atom is -0.393 e. The van der Waals surface area contributed by atoms with Crippen molar-refractivity contribution in [3.63, 3.8) is 0 Å². The monoisotopic (exact) mass is 227 g/mol. The van der Waals surface area contributed by atoms with Crippen molar-refractivity contribution >= 4 is 5.69 Å². The molecule has 0 saturated carbocycles. The number of aromatic nitrogens is 2. The van der Waals surface area contributed by atoms with Crippen molar-refractivity contribution in [1.82, 2.24) is 9.13 Å². The van der Waals surface area contributed by atoms with Gasteiger partial charge >= 0.3 is 5.69 Å². The number of methoxy groups -OCH3 is 1. The molecule has 2 N–H and O–H groups in total. The highest BCUT2D eigenvalue weighted by molar-refractivity contribution is 5.30. The van der Waals surface area contributed by atoms with Crippen molar-refractivity contribution in [2.75, 3.05) is 12.8 Å². The van der Waals surface area contributed by atoms with Gasteiger partial charge < -0.3 is 10.5 Å². The van der Waals surface area contributed by atoms with Crippen LogP contribution in [0, 0.1) is 0 Å². The van der Waals surface area contributed by atoms with Crippen LogP contribution in [-0.4, -0.2) is 22.3 Å². The predicted molar refractivity (Wildman–Crippen MR) is 61.5 cm³/mol. The summed E-state index contributed by atoms with van der Waals surface area (Å²) in [5, 5.41) is 0. The normalized spacial score (nSPS) is 12.7. The molecule has 0 fully saturated rings. The molecule has 0 radical (unpaired) electrons. The number of nitrogens with two attached hydrogens (primary N) is 1. The summed E-state index contributed by atoms with van der Waals surface area (Å²) in [7, 11) is 1.53. The van der Waals surface area contributed by atoms with E-state index in [-0.39, 0.29) is 24.0 Å². The molecule has 0 aromatic carbocycles. The van der Waals surface area contributed by atoms with Crippen LogP contribution in [0.2, 0.25) is 0 Å². The van der Waals surface area contributed by atoms with Crippen LogP contribution in [-0.2, 0) is 17.8 Å². The van der Waals surface area contributed by atoms with Gasteiger partial charge in [0.1, 0.15) is 5.69 Å². The number of rotatable bonds is 4. The van der Waals surface area contributed by atoms with Crippen LogP contribution in [0.25, 0.3) is 0 Å². The average Bonchev–Trinajstić information content (AvgIpc) is 2.28. The lowest BCUT2D eigenvalue weighted by Gasteiger charge is -2.13. The molecule has 0 aliphatic rings. The maximum atomic E-state index is 11.8. The Hall–Kier alpha value is -1.56. The Morgan fingerprint density at radius 3 is 2.62 bits per heavy atom. The maximum absolute atomic E-state index is 11.8. The van der Waals surface area contributed by atoms with Crippen molar-refractivity contribution in [1.29, 1.82) is 0 Å². The minimum atomic E-state index is -0.460. The molecule has 16 heavy (non-hydrogen) atoms. The maximum Gasteiger partial charge on any atom is 0.331 e. The molecule has 90 valence electrons. The Kier molecular flexibility index (Phi) is 3.89. The van der Waals surface area contributed by atoms with Gasteiger partial charge in [-0.3, -0.25) is 13.9 Å². The molecule has 6 nitrogen and oxygen atoms in total. The number of ether oxygens (including phenoxy) is 1. The van der Waals surface area contributed by atoms with Gasteiger partial charge in [0.25, 0.3) is 5.56 Å². The Morgan fingerprint density at radius 2 is 2.12 bits per heavy atom. The van der Waals surface area contributed by atoms with Crippen molar-refractivity contribution in [2.24, 2.45) is 0 Å². The summed E-state index contributed by atoms with van der Waals surface area (Å²) in [6, 6.07) is 0. The van der Waals surface area contributed by atoms with Crippen LogP contribution in [0.15, 0.2) is 15.8 Å². The number of nitrogens with zero attached hydrogens (tertiary/aromatic N) is 2. The zero-order valence-electron chi connectivity index (χ0n) is 9.77. The summed E-state index contributed by atoms with van der Waals surface area (Å²) >= 11 is 0. The van der Waals surface area contributed by atoms with E-state index in [9.17, 15) is 9.59 Å². The van der Waals surface area contributed by atoms with Crippen LogP contribution < -0.4 is 17.0 Å². The van der Waals surface area contributed by atoms with E-state index in [1.807, 2.05) is 6.92 Å². The molecule has 0 amide bonds. The van der Waals surface area contributed by atoms with E-state index >= 15 is 0 Å². The number of nitrogen functional groups attached to an aromatic ring is 1. The van der Waals surface area contributed by atoms with Crippen LogP contribution in [0.1, 0.15) is 13.8 Å². The summed E-state index contributed by atoms with van der Waals surface area (Å²) in [6.45, 7) is 4.28. The first-order valence-corrected chi connectivity index (χ1v) is 5.13. The van der Waals surface area contributed by atoms with E-state index in [0.717, 1.165) is 4.57 Å².